The van der Waals surface area contributed by atoms with E-state index in [2.05, 4.69) is 20.6 Å². The molecular formula is C27H32ClN5O3. The molecule has 3 heterocycles. The van der Waals surface area contributed by atoms with E-state index in [1.54, 1.807) is 18.0 Å². The van der Waals surface area contributed by atoms with E-state index >= 15 is 0 Å². The van der Waals surface area contributed by atoms with Crippen molar-refractivity contribution in [3.05, 3.63) is 46.3 Å². The van der Waals surface area contributed by atoms with Crippen molar-refractivity contribution in [1.29, 1.82) is 0 Å². The average Bonchev–Trinajstić information content (AvgIpc) is 3.23. The molecule has 1 fully saturated rings. The summed E-state index contributed by atoms with van der Waals surface area (Å²) >= 11 is 6.12. The largest absolute Gasteiger partial charge is 0.452 e. The molecular weight excluding hydrogens is 478 g/mol. The van der Waals surface area contributed by atoms with Crippen LogP contribution in [0.2, 0.25) is 5.15 Å². The molecule has 0 unspecified atom stereocenters. The fraction of sp³-hybridized carbons (Fsp3) is 0.519. The maximum absolute atomic E-state index is 12.6. The molecule has 1 aliphatic heterocycles. The van der Waals surface area contributed by atoms with Crippen LogP contribution in [0, 0.1) is 12.8 Å². The van der Waals surface area contributed by atoms with Crippen molar-refractivity contribution in [1.82, 2.24) is 19.5 Å². The van der Waals surface area contributed by atoms with E-state index in [-0.39, 0.29) is 29.9 Å². The summed E-state index contributed by atoms with van der Waals surface area (Å²) in [6.45, 7) is 5.59. The van der Waals surface area contributed by atoms with Gasteiger partial charge in [-0.1, -0.05) is 18.0 Å². The molecule has 1 saturated carbocycles. The predicted molar refractivity (Wildman–Crippen MR) is 139 cm³/mol. The number of fused-ring (bicyclic) bond motifs is 3. The number of benzene rings is 1. The third-order valence-corrected chi connectivity index (χ3v) is 8.13. The second-order valence-electron chi connectivity index (χ2n) is 10.1. The Hall–Kier alpha value is -3.00. The fourth-order valence-corrected chi connectivity index (χ4v) is 5.98. The predicted octanol–water partition coefficient (Wildman–Crippen LogP) is 5.61. The van der Waals surface area contributed by atoms with Gasteiger partial charge in [-0.15, -0.1) is 0 Å². The number of methoxy groups -OCH3 is 1. The van der Waals surface area contributed by atoms with Crippen molar-refractivity contribution in [2.24, 2.45) is 5.92 Å². The number of anilines is 1. The zero-order chi connectivity index (χ0) is 25.6. The number of halogens is 1. The average molecular weight is 510 g/mol. The number of rotatable bonds is 4. The number of carbonyl (C=O) groups is 2. The summed E-state index contributed by atoms with van der Waals surface area (Å²) in [6.07, 6.45) is 7.27. The SMILES string of the molecule is COC(=O)N1c2ccc3c(nc(Cc4cnc(Cl)c(C)n4)n3[C@@H]3CCC[C@@H](C(C)=O)C3)c2CC[C@@H]1C. The van der Waals surface area contributed by atoms with Gasteiger partial charge in [-0.3, -0.25) is 14.7 Å². The Morgan fingerprint density at radius 1 is 1.19 bits per heavy atom. The van der Waals surface area contributed by atoms with Gasteiger partial charge in [-0.25, -0.2) is 14.8 Å². The van der Waals surface area contributed by atoms with Gasteiger partial charge in [0.25, 0.3) is 0 Å². The van der Waals surface area contributed by atoms with E-state index < -0.39 is 0 Å². The lowest BCUT2D eigenvalue weighted by Gasteiger charge is -2.34. The number of aromatic nitrogens is 4. The monoisotopic (exact) mass is 509 g/mol. The number of aryl methyl sites for hydroxylation is 2. The van der Waals surface area contributed by atoms with E-state index in [9.17, 15) is 9.59 Å². The van der Waals surface area contributed by atoms with Gasteiger partial charge < -0.3 is 9.30 Å². The summed E-state index contributed by atoms with van der Waals surface area (Å²) in [5.41, 5.74) is 5.35. The zero-order valence-electron chi connectivity index (χ0n) is 21.3. The maximum atomic E-state index is 12.6. The topological polar surface area (TPSA) is 90.2 Å². The van der Waals surface area contributed by atoms with E-state index in [0.29, 0.717) is 17.3 Å². The van der Waals surface area contributed by atoms with Gasteiger partial charge in [0.05, 0.1) is 41.4 Å². The Labute approximate surface area is 216 Å². The fourth-order valence-electron chi connectivity index (χ4n) is 5.89. The first-order valence-electron chi connectivity index (χ1n) is 12.7. The van der Waals surface area contributed by atoms with Crippen LogP contribution in [0.1, 0.15) is 74.8 Å². The molecule has 2 aromatic heterocycles. The molecule has 1 aromatic carbocycles. The molecule has 1 aliphatic carbocycles. The highest BCUT2D eigenvalue weighted by molar-refractivity contribution is 6.29. The van der Waals surface area contributed by atoms with Gasteiger partial charge in [0.15, 0.2) is 0 Å². The number of nitrogens with zero attached hydrogens (tertiary/aromatic N) is 5. The van der Waals surface area contributed by atoms with Gasteiger partial charge in [0.1, 0.15) is 16.8 Å². The zero-order valence-corrected chi connectivity index (χ0v) is 22.0. The number of hydrogen-bond acceptors (Lipinski definition) is 6. The molecule has 9 heteroatoms. The Morgan fingerprint density at radius 3 is 2.72 bits per heavy atom. The van der Waals surface area contributed by atoms with Crippen LogP contribution in [-0.4, -0.2) is 44.5 Å². The molecule has 0 saturated heterocycles. The van der Waals surface area contributed by atoms with Gasteiger partial charge in [-0.2, -0.15) is 0 Å². The summed E-state index contributed by atoms with van der Waals surface area (Å²) in [5.74, 6) is 1.22. The first-order valence-corrected chi connectivity index (χ1v) is 13.0. The maximum Gasteiger partial charge on any atom is 0.414 e. The Kier molecular flexibility index (Phi) is 6.72. The Balaban J connectivity index is 1.65. The van der Waals surface area contributed by atoms with Crippen molar-refractivity contribution in [2.45, 2.75) is 77.8 Å². The first kappa shape index (κ1) is 24.7. The minimum absolute atomic E-state index is 0.0472. The molecule has 1 amide bonds. The number of hydrogen-bond donors (Lipinski definition) is 0. The minimum atomic E-state index is -0.356. The Bertz CT molecular complexity index is 1340. The minimum Gasteiger partial charge on any atom is -0.452 e. The lowest BCUT2D eigenvalue weighted by atomic mass is 9.83. The normalized spacial score (nSPS) is 21.9. The highest BCUT2D eigenvalue weighted by atomic mass is 35.5. The van der Waals surface area contributed by atoms with Crippen molar-refractivity contribution >= 4 is 40.2 Å². The standard InChI is InChI=1S/C27H32ClN5O3/c1-15-8-9-21-22(32(15)27(35)36-4)10-11-23-25(21)31-24(13-19-14-29-26(28)16(2)30-19)33(23)20-7-5-6-18(12-20)17(3)34/h10-11,14-15,18,20H,5-9,12-13H2,1-4H3/t15-,18+,20+/m0/s1. The molecule has 8 nitrogen and oxygen atoms in total. The lowest BCUT2D eigenvalue weighted by molar-refractivity contribution is -0.122. The summed E-state index contributed by atoms with van der Waals surface area (Å²) in [6, 6.07) is 4.30. The summed E-state index contributed by atoms with van der Waals surface area (Å²) < 4.78 is 7.41. The molecule has 3 atom stereocenters. The molecule has 36 heavy (non-hydrogen) atoms. The molecule has 3 aromatic rings. The van der Waals surface area contributed by atoms with Crippen LogP contribution in [0.5, 0.6) is 0 Å². The number of amides is 1. The van der Waals surface area contributed by atoms with E-state index in [0.717, 1.165) is 72.3 Å². The third-order valence-electron chi connectivity index (χ3n) is 7.76. The molecule has 0 spiro atoms. The van der Waals surface area contributed by atoms with Gasteiger partial charge >= 0.3 is 6.09 Å². The van der Waals surface area contributed by atoms with Gasteiger partial charge in [0, 0.05) is 30.0 Å². The molecule has 2 aliphatic rings. The van der Waals surface area contributed by atoms with Crippen LogP contribution in [0.3, 0.4) is 0 Å². The summed E-state index contributed by atoms with van der Waals surface area (Å²) in [4.78, 5) is 40.7. The molecule has 0 bridgehead atoms. The number of ether oxygens (including phenoxy) is 1. The second kappa shape index (κ2) is 9.81. The van der Waals surface area contributed by atoms with Gasteiger partial charge in [0.2, 0.25) is 0 Å². The Morgan fingerprint density at radius 2 is 2.00 bits per heavy atom. The van der Waals surface area contributed by atoms with Crippen LogP contribution in [-0.2, 0) is 22.4 Å². The molecule has 0 radical (unpaired) electrons. The van der Waals surface area contributed by atoms with E-state index in [4.69, 9.17) is 21.3 Å². The quantitative estimate of drug-likeness (QED) is 0.454. The first-order chi connectivity index (χ1) is 17.3. The van der Waals surface area contributed by atoms with Crippen LogP contribution < -0.4 is 4.90 Å². The van der Waals surface area contributed by atoms with E-state index in [1.807, 2.05) is 19.9 Å². The smallest absolute Gasteiger partial charge is 0.414 e. The van der Waals surface area contributed by atoms with Crippen LogP contribution >= 0.6 is 11.6 Å². The number of imidazole rings is 1. The third kappa shape index (κ3) is 4.36. The molecule has 5 rings (SSSR count). The summed E-state index contributed by atoms with van der Waals surface area (Å²) in [5, 5.41) is 0.398. The van der Waals surface area contributed by atoms with Crippen molar-refractivity contribution in [2.75, 3.05) is 12.0 Å². The number of carbonyl (C=O) groups excluding carboxylic acids is 2. The molecule has 190 valence electrons. The van der Waals surface area contributed by atoms with Crippen LogP contribution in [0.15, 0.2) is 18.3 Å². The van der Waals surface area contributed by atoms with Crippen molar-refractivity contribution in [3.8, 4) is 0 Å². The number of ketones is 1. The van der Waals surface area contributed by atoms with Crippen LogP contribution in [0.4, 0.5) is 10.5 Å². The van der Waals surface area contributed by atoms with Crippen molar-refractivity contribution in [3.63, 3.8) is 0 Å². The lowest BCUT2D eigenvalue weighted by Crippen LogP contribution is -2.42. The second-order valence-corrected chi connectivity index (χ2v) is 10.5. The van der Waals surface area contributed by atoms with E-state index in [1.165, 1.54) is 7.11 Å². The van der Waals surface area contributed by atoms with Gasteiger partial charge in [-0.05, 0) is 65.0 Å². The van der Waals surface area contributed by atoms with Crippen molar-refractivity contribution < 1.29 is 14.3 Å². The number of Topliss-reactive ketones (excluding diaryl/α,β-unsaturated/α-hetero) is 1. The summed E-state index contributed by atoms with van der Waals surface area (Å²) in [7, 11) is 1.42. The highest BCUT2D eigenvalue weighted by Crippen LogP contribution is 2.41. The highest BCUT2D eigenvalue weighted by Gasteiger charge is 2.33. The van der Waals surface area contributed by atoms with Crippen LogP contribution in [0.25, 0.3) is 11.0 Å². The molecule has 0 N–H and O–H groups in total.